The van der Waals surface area contributed by atoms with Crippen LogP contribution in [0, 0.1) is 12.7 Å². The third kappa shape index (κ3) is 4.25. The van der Waals surface area contributed by atoms with Crippen molar-refractivity contribution in [3.8, 4) is 11.5 Å². The topological polar surface area (TPSA) is 37.3 Å². The second kappa shape index (κ2) is 8.56. The van der Waals surface area contributed by atoms with E-state index >= 15 is 0 Å². The van der Waals surface area contributed by atoms with Gasteiger partial charge in [0.1, 0.15) is 5.75 Å². The quantitative estimate of drug-likeness (QED) is 0.538. The van der Waals surface area contributed by atoms with Gasteiger partial charge in [0.15, 0.2) is 11.6 Å². The largest absolute Gasteiger partial charge is 0.497 e. The highest BCUT2D eigenvalue weighted by Gasteiger charge is 2.14. The van der Waals surface area contributed by atoms with Gasteiger partial charge in [-0.05, 0) is 31.5 Å². The van der Waals surface area contributed by atoms with Gasteiger partial charge in [-0.2, -0.15) is 0 Å². The fourth-order valence-electron chi connectivity index (χ4n) is 2.50. The van der Waals surface area contributed by atoms with E-state index in [-0.39, 0.29) is 5.75 Å². The predicted molar refractivity (Wildman–Crippen MR) is 105 cm³/mol. The normalized spacial score (nSPS) is 10.9. The van der Waals surface area contributed by atoms with Gasteiger partial charge in [-0.15, -0.1) is 0 Å². The van der Waals surface area contributed by atoms with E-state index in [0.29, 0.717) is 11.4 Å². The summed E-state index contributed by atoms with van der Waals surface area (Å²) < 4.78 is 24.5. The third-order valence-electron chi connectivity index (χ3n) is 4.34. The molecule has 0 aromatic heterocycles. The van der Waals surface area contributed by atoms with Gasteiger partial charge in [0.25, 0.3) is 0 Å². The van der Waals surface area contributed by atoms with Crippen LogP contribution in [-0.4, -0.2) is 46.1 Å². The maximum atomic E-state index is 14.1. The molecule has 0 saturated carbocycles. The molecule has 5 nitrogen and oxygen atoms in total. The molecule has 26 heavy (non-hydrogen) atoms. The van der Waals surface area contributed by atoms with Crippen LogP contribution in [0.15, 0.2) is 35.3 Å². The van der Waals surface area contributed by atoms with Gasteiger partial charge in [-0.3, -0.25) is 0 Å². The molecule has 0 radical (unpaired) electrons. The molecular weight excluding hydrogens is 333 g/mol. The second-order valence-electron chi connectivity index (χ2n) is 5.99. The van der Waals surface area contributed by atoms with Gasteiger partial charge in [0.05, 0.1) is 26.2 Å². The summed E-state index contributed by atoms with van der Waals surface area (Å²) in [6.45, 7) is 4.91. The highest BCUT2D eigenvalue weighted by Crippen LogP contribution is 2.37. The number of aliphatic imine (C=N–C) groups is 1. The van der Waals surface area contributed by atoms with Crippen molar-refractivity contribution < 1.29 is 13.9 Å². The summed E-state index contributed by atoms with van der Waals surface area (Å²) in [4.78, 5) is 8.46. The van der Waals surface area contributed by atoms with Crippen molar-refractivity contribution in [2.75, 3.05) is 39.8 Å². The van der Waals surface area contributed by atoms with Gasteiger partial charge < -0.3 is 19.3 Å². The van der Waals surface area contributed by atoms with E-state index in [4.69, 9.17) is 9.47 Å². The van der Waals surface area contributed by atoms with Crippen LogP contribution in [0.1, 0.15) is 12.5 Å². The maximum Gasteiger partial charge on any atom is 0.167 e. The Balaban J connectivity index is 2.47. The summed E-state index contributed by atoms with van der Waals surface area (Å²) in [6, 6.07) is 8.69. The van der Waals surface area contributed by atoms with Crippen molar-refractivity contribution in [3.05, 3.63) is 41.7 Å². The zero-order valence-electron chi connectivity index (χ0n) is 16.2. The maximum absolute atomic E-state index is 14.1. The van der Waals surface area contributed by atoms with E-state index in [2.05, 4.69) is 11.9 Å². The van der Waals surface area contributed by atoms with Gasteiger partial charge >= 0.3 is 0 Å². The highest BCUT2D eigenvalue weighted by atomic mass is 19.1. The SMILES string of the molecule is CCN(C)/C=N/c1cc(OC)cc(N(C)c2ccc(OC)c(F)c2)c1C. The van der Waals surface area contributed by atoms with Crippen molar-refractivity contribution >= 4 is 23.4 Å². The van der Waals surface area contributed by atoms with Crippen molar-refractivity contribution in [2.45, 2.75) is 13.8 Å². The lowest BCUT2D eigenvalue weighted by molar-refractivity contribution is 0.386. The summed E-state index contributed by atoms with van der Waals surface area (Å²) in [5.74, 6) is 0.510. The van der Waals surface area contributed by atoms with Crippen molar-refractivity contribution in [3.63, 3.8) is 0 Å². The van der Waals surface area contributed by atoms with Crippen LogP contribution in [0.5, 0.6) is 11.5 Å². The number of hydrogen-bond donors (Lipinski definition) is 0. The number of anilines is 2. The lowest BCUT2D eigenvalue weighted by atomic mass is 10.1. The minimum atomic E-state index is -0.403. The molecule has 0 spiro atoms. The van der Waals surface area contributed by atoms with Gasteiger partial charge in [-0.25, -0.2) is 9.38 Å². The van der Waals surface area contributed by atoms with Gasteiger partial charge in [0.2, 0.25) is 0 Å². The number of methoxy groups -OCH3 is 2. The molecular formula is C20H26FN3O2. The molecule has 0 aliphatic carbocycles. The lowest BCUT2D eigenvalue weighted by Gasteiger charge is -2.23. The molecule has 0 unspecified atom stereocenters. The van der Waals surface area contributed by atoms with Crippen LogP contribution in [-0.2, 0) is 0 Å². The van der Waals surface area contributed by atoms with E-state index in [1.54, 1.807) is 19.5 Å². The number of hydrogen-bond acceptors (Lipinski definition) is 4. The minimum Gasteiger partial charge on any atom is -0.497 e. The molecule has 0 amide bonds. The molecule has 2 rings (SSSR count). The van der Waals surface area contributed by atoms with Crippen molar-refractivity contribution in [1.29, 1.82) is 0 Å². The number of rotatable bonds is 7. The van der Waals surface area contributed by atoms with Gasteiger partial charge in [0, 0.05) is 50.2 Å². The first-order valence-corrected chi connectivity index (χ1v) is 8.41. The Morgan fingerprint density at radius 1 is 1.12 bits per heavy atom. The zero-order valence-corrected chi connectivity index (χ0v) is 16.2. The summed E-state index contributed by atoms with van der Waals surface area (Å²) in [5, 5.41) is 0. The van der Waals surface area contributed by atoms with E-state index in [1.165, 1.54) is 13.2 Å². The van der Waals surface area contributed by atoms with E-state index < -0.39 is 5.82 Å². The molecule has 0 bridgehead atoms. The first kappa shape index (κ1) is 19.6. The van der Waals surface area contributed by atoms with E-state index in [1.807, 2.05) is 49.0 Å². The number of halogens is 1. The molecule has 0 aliphatic rings. The predicted octanol–water partition coefficient (Wildman–Crippen LogP) is 4.53. The average molecular weight is 359 g/mol. The van der Waals surface area contributed by atoms with E-state index in [9.17, 15) is 4.39 Å². The number of benzene rings is 2. The summed E-state index contributed by atoms with van der Waals surface area (Å²) >= 11 is 0. The zero-order chi connectivity index (χ0) is 19.3. The molecule has 0 fully saturated rings. The fraction of sp³-hybridized carbons (Fsp3) is 0.350. The molecule has 2 aromatic carbocycles. The molecule has 140 valence electrons. The molecule has 0 aliphatic heterocycles. The molecule has 0 N–H and O–H groups in total. The van der Waals surface area contributed by atoms with Crippen LogP contribution in [0.3, 0.4) is 0 Å². The summed E-state index contributed by atoms with van der Waals surface area (Å²) in [7, 11) is 6.92. The highest BCUT2D eigenvalue weighted by molar-refractivity contribution is 5.75. The summed E-state index contributed by atoms with van der Waals surface area (Å²) in [5.41, 5.74) is 3.38. The third-order valence-corrected chi connectivity index (χ3v) is 4.34. The lowest BCUT2D eigenvalue weighted by Crippen LogP contribution is -2.14. The second-order valence-corrected chi connectivity index (χ2v) is 5.99. The van der Waals surface area contributed by atoms with Crippen LogP contribution in [0.4, 0.5) is 21.5 Å². The smallest absolute Gasteiger partial charge is 0.167 e. The molecule has 0 atom stereocenters. The first-order chi connectivity index (χ1) is 12.4. The van der Waals surface area contributed by atoms with Crippen LogP contribution < -0.4 is 14.4 Å². The number of nitrogens with zero attached hydrogens (tertiary/aromatic N) is 3. The van der Waals surface area contributed by atoms with Gasteiger partial charge in [-0.1, -0.05) is 0 Å². The molecule has 2 aromatic rings. The minimum absolute atomic E-state index is 0.220. The van der Waals surface area contributed by atoms with Crippen LogP contribution in [0.2, 0.25) is 0 Å². The van der Waals surface area contributed by atoms with Crippen LogP contribution in [0.25, 0.3) is 0 Å². The van der Waals surface area contributed by atoms with E-state index in [0.717, 1.165) is 23.5 Å². The fourth-order valence-corrected chi connectivity index (χ4v) is 2.50. The Morgan fingerprint density at radius 2 is 1.85 bits per heavy atom. The summed E-state index contributed by atoms with van der Waals surface area (Å²) in [6.07, 6.45) is 1.79. The standard InChI is InChI=1S/C20H26FN3O2/c1-7-23(3)13-22-18-11-16(25-5)12-19(14(18)2)24(4)15-8-9-20(26-6)17(21)10-15/h8-13H,7H2,1-6H3/b22-13+. The molecule has 0 heterocycles. The first-order valence-electron chi connectivity index (χ1n) is 8.41. The van der Waals surface area contributed by atoms with Crippen molar-refractivity contribution in [1.82, 2.24) is 4.90 Å². The molecule has 0 saturated heterocycles. The Bertz CT molecular complexity index is 793. The number of ether oxygens (including phenoxy) is 2. The molecule has 6 heteroatoms. The Morgan fingerprint density at radius 3 is 2.42 bits per heavy atom. The Kier molecular flexibility index (Phi) is 6.44. The van der Waals surface area contributed by atoms with Crippen LogP contribution >= 0.6 is 0 Å². The monoisotopic (exact) mass is 359 g/mol. The Labute approximate surface area is 154 Å². The Hall–Kier alpha value is -2.76. The average Bonchev–Trinajstić information content (AvgIpc) is 2.66. The van der Waals surface area contributed by atoms with Crippen molar-refractivity contribution in [2.24, 2.45) is 4.99 Å².